The minimum absolute atomic E-state index is 0.0622. The molecule has 2 N–H and O–H groups in total. The van der Waals surface area contributed by atoms with E-state index in [1.54, 1.807) is 18.4 Å². The van der Waals surface area contributed by atoms with Crippen molar-refractivity contribution in [1.82, 2.24) is 10.6 Å². The van der Waals surface area contributed by atoms with Crippen molar-refractivity contribution in [3.63, 3.8) is 0 Å². The van der Waals surface area contributed by atoms with E-state index in [1.807, 2.05) is 24.3 Å². The zero-order valence-corrected chi connectivity index (χ0v) is 14.7. The average molecular weight is 332 g/mol. The molecule has 0 aliphatic heterocycles. The van der Waals surface area contributed by atoms with E-state index in [4.69, 9.17) is 4.74 Å². The predicted octanol–water partition coefficient (Wildman–Crippen LogP) is 3.58. The normalized spacial score (nSPS) is 11.1. The van der Waals surface area contributed by atoms with Crippen molar-refractivity contribution in [3.8, 4) is 5.75 Å². The van der Waals surface area contributed by atoms with Crippen LogP contribution in [0, 0.1) is 0 Å². The quantitative estimate of drug-likeness (QED) is 0.814. The van der Waals surface area contributed by atoms with Crippen LogP contribution in [0.1, 0.15) is 25.0 Å². The first-order chi connectivity index (χ1) is 11.0. The van der Waals surface area contributed by atoms with Gasteiger partial charge in [-0.2, -0.15) is 11.3 Å². The van der Waals surface area contributed by atoms with Gasteiger partial charge in [0, 0.05) is 18.5 Å². The van der Waals surface area contributed by atoms with E-state index in [-0.39, 0.29) is 11.4 Å². The Hall–Kier alpha value is -2.01. The van der Waals surface area contributed by atoms with Crippen molar-refractivity contribution in [3.05, 3.63) is 52.2 Å². The van der Waals surface area contributed by atoms with Crippen molar-refractivity contribution < 1.29 is 9.53 Å². The molecule has 2 amide bonds. The third kappa shape index (κ3) is 5.28. The van der Waals surface area contributed by atoms with Crippen LogP contribution >= 0.6 is 11.3 Å². The topological polar surface area (TPSA) is 50.4 Å². The number of nitrogens with one attached hydrogen (secondary N) is 2. The minimum atomic E-state index is -0.123. The summed E-state index contributed by atoms with van der Waals surface area (Å²) in [5, 5.41) is 10.0. The molecule has 0 radical (unpaired) electrons. The maximum absolute atomic E-state index is 11.9. The van der Waals surface area contributed by atoms with Crippen LogP contribution in [-0.4, -0.2) is 26.2 Å². The summed E-state index contributed by atoms with van der Waals surface area (Å²) in [6, 6.07) is 9.86. The van der Waals surface area contributed by atoms with Crippen LogP contribution in [0.15, 0.2) is 41.1 Å². The van der Waals surface area contributed by atoms with Crippen molar-refractivity contribution in [1.29, 1.82) is 0 Å². The highest BCUT2D eigenvalue weighted by molar-refractivity contribution is 7.08. The molecule has 1 aromatic carbocycles. The summed E-state index contributed by atoms with van der Waals surface area (Å²) in [5.41, 5.74) is 2.36. The summed E-state index contributed by atoms with van der Waals surface area (Å²) >= 11 is 1.68. The number of hydrogen-bond donors (Lipinski definition) is 2. The summed E-state index contributed by atoms with van der Waals surface area (Å²) in [7, 11) is 1.65. The fourth-order valence-corrected chi connectivity index (χ4v) is 3.08. The third-order valence-electron chi connectivity index (χ3n) is 3.85. The van der Waals surface area contributed by atoms with Crippen molar-refractivity contribution in [2.24, 2.45) is 0 Å². The lowest BCUT2D eigenvalue weighted by Crippen LogP contribution is -2.42. The number of benzene rings is 1. The Balaban J connectivity index is 1.70. The predicted molar refractivity (Wildman–Crippen MR) is 95.4 cm³/mol. The summed E-state index contributed by atoms with van der Waals surface area (Å²) in [6.45, 7) is 5.48. The fourth-order valence-electron chi connectivity index (χ4n) is 2.23. The number of carbonyl (C=O) groups excluding carboxylic acids is 1. The maximum atomic E-state index is 11.9. The van der Waals surface area contributed by atoms with Crippen LogP contribution < -0.4 is 15.4 Å². The van der Waals surface area contributed by atoms with Crippen LogP contribution in [0.4, 0.5) is 4.79 Å². The number of rotatable bonds is 7. The molecule has 23 heavy (non-hydrogen) atoms. The number of ether oxygens (including phenoxy) is 1. The summed E-state index contributed by atoms with van der Waals surface area (Å²) < 4.78 is 5.13. The Kier molecular flexibility index (Phi) is 6.04. The smallest absolute Gasteiger partial charge is 0.314 e. The van der Waals surface area contributed by atoms with E-state index in [2.05, 4.69) is 41.3 Å². The summed E-state index contributed by atoms with van der Waals surface area (Å²) in [5.74, 6) is 0.843. The van der Waals surface area contributed by atoms with E-state index in [0.717, 1.165) is 12.2 Å². The highest BCUT2D eigenvalue weighted by Gasteiger charge is 2.21. The van der Waals surface area contributed by atoms with Gasteiger partial charge in [-0.15, -0.1) is 0 Å². The Morgan fingerprint density at radius 1 is 1.17 bits per heavy atom. The molecule has 2 rings (SSSR count). The largest absolute Gasteiger partial charge is 0.497 e. The molecular weight excluding hydrogens is 308 g/mol. The third-order valence-corrected chi connectivity index (χ3v) is 4.54. The average Bonchev–Trinajstić information content (AvgIpc) is 3.09. The number of urea groups is 1. The van der Waals surface area contributed by atoms with Gasteiger partial charge >= 0.3 is 6.03 Å². The first-order valence-corrected chi connectivity index (χ1v) is 8.63. The summed E-state index contributed by atoms with van der Waals surface area (Å²) in [6.07, 6.45) is 0.797. The van der Waals surface area contributed by atoms with Gasteiger partial charge in [-0.25, -0.2) is 4.79 Å². The molecule has 1 heterocycles. The molecular formula is C18H24N2O2S. The van der Waals surface area contributed by atoms with Gasteiger partial charge in [0.2, 0.25) is 0 Å². The van der Waals surface area contributed by atoms with Crippen molar-refractivity contribution in [2.75, 3.05) is 20.2 Å². The van der Waals surface area contributed by atoms with E-state index in [9.17, 15) is 4.79 Å². The number of thiophene rings is 1. The van der Waals surface area contributed by atoms with E-state index in [0.29, 0.717) is 13.1 Å². The lowest BCUT2D eigenvalue weighted by atomic mass is 9.87. The zero-order valence-electron chi connectivity index (χ0n) is 13.9. The Bertz CT molecular complexity index is 606. The zero-order chi connectivity index (χ0) is 16.7. The lowest BCUT2D eigenvalue weighted by molar-refractivity contribution is 0.238. The molecule has 0 bridgehead atoms. The monoisotopic (exact) mass is 332 g/mol. The Labute approximate surface area is 141 Å². The summed E-state index contributed by atoms with van der Waals surface area (Å²) in [4.78, 5) is 11.9. The van der Waals surface area contributed by atoms with Crippen LogP contribution in [-0.2, 0) is 11.8 Å². The first kappa shape index (κ1) is 17.3. The molecule has 0 unspecified atom stereocenters. The molecule has 0 atom stereocenters. The molecule has 0 aliphatic rings. The van der Waals surface area contributed by atoms with E-state index < -0.39 is 0 Å². The lowest BCUT2D eigenvalue weighted by Gasteiger charge is -2.24. The van der Waals surface area contributed by atoms with Gasteiger partial charge in [0.25, 0.3) is 0 Å². The van der Waals surface area contributed by atoms with Gasteiger partial charge < -0.3 is 15.4 Å². The molecule has 0 aliphatic carbocycles. The Morgan fingerprint density at radius 3 is 2.52 bits per heavy atom. The van der Waals surface area contributed by atoms with Gasteiger partial charge in [0.15, 0.2) is 0 Å². The van der Waals surface area contributed by atoms with Crippen LogP contribution in [0.5, 0.6) is 5.75 Å². The van der Waals surface area contributed by atoms with E-state index in [1.165, 1.54) is 11.1 Å². The molecule has 2 aromatic rings. The number of methoxy groups -OCH3 is 1. The maximum Gasteiger partial charge on any atom is 0.314 e. The second-order valence-corrected chi connectivity index (χ2v) is 6.88. The molecule has 0 fully saturated rings. The highest BCUT2D eigenvalue weighted by Crippen LogP contribution is 2.24. The molecule has 0 spiro atoms. The fraction of sp³-hybridized carbons (Fsp3) is 0.389. The van der Waals surface area contributed by atoms with Gasteiger partial charge in [0.05, 0.1) is 7.11 Å². The highest BCUT2D eigenvalue weighted by atomic mass is 32.1. The Morgan fingerprint density at radius 2 is 1.91 bits per heavy atom. The number of amides is 2. The van der Waals surface area contributed by atoms with Gasteiger partial charge in [-0.3, -0.25) is 0 Å². The molecule has 0 saturated carbocycles. The SMILES string of the molecule is COc1ccc(CCNC(=O)NCC(C)(C)c2ccsc2)cc1. The second kappa shape index (κ2) is 8.02. The first-order valence-electron chi connectivity index (χ1n) is 7.68. The molecule has 1 aromatic heterocycles. The number of hydrogen-bond acceptors (Lipinski definition) is 3. The van der Waals surface area contributed by atoms with E-state index >= 15 is 0 Å². The second-order valence-electron chi connectivity index (χ2n) is 6.10. The van der Waals surface area contributed by atoms with Gasteiger partial charge in [-0.1, -0.05) is 26.0 Å². The van der Waals surface area contributed by atoms with Gasteiger partial charge in [0.1, 0.15) is 5.75 Å². The van der Waals surface area contributed by atoms with Crippen molar-refractivity contribution >= 4 is 17.4 Å². The molecule has 4 nitrogen and oxygen atoms in total. The van der Waals surface area contributed by atoms with Crippen LogP contribution in [0.2, 0.25) is 0 Å². The van der Waals surface area contributed by atoms with Gasteiger partial charge in [-0.05, 0) is 46.5 Å². The molecule has 0 saturated heterocycles. The standard InChI is InChI=1S/C18H24N2O2S/c1-18(2,15-9-11-23-12-15)13-20-17(21)19-10-8-14-4-6-16(22-3)7-5-14/h4-7,9,11-12H,8,10,13H2,1-3H3,(H2,19,20,21). The van der Waals surface area contributed by atoms with Crippen LogP contribution in [0.3, 0.4) is 0 Å². The molecule has 5 heteroatoms. The van der Waals surface area contributed by atoms with Crippen molar-refractivity contribution in [2.45, 2.75) is 25.7 Å². The molecule has 124 valence electrons. The van der Waals surface area contributed by atoms with Crippen LogP contribution in [0.25, 0.3) is 0 Å². The minimum Gasteiger partial charge on any atom is -0.497 e. The number of carbonyl (C=O) groups is 1.